The van der Waals surface area contributed by atoms with E-state index >= 15 is 0 Å². The number of benzene rings is 2. The number of ether oxygens (including phenoxy) is 1. The number of hydrogen-bond donors (Lipinski definition) is 0. The van der Waals surface area contributed by atoms with Crippen LogP contribution in [-0.2, 0) is 6.54 Å². The second kappa shape index (κ2) is 10.5. The number of hydrogen-bond acceptors (Lipinski definition) is 4. The lowest BCUT2D eigenvalue weighted by atomic mass is 10.0. The number of fused-ring (bicyclic) bond motifs is 1. The van der Waals surface area contributed by atoms with Gasteiger partial charge in [0.05, 0.1) is 24.0 Å². The Balaban J connectivity index is 1.05. The predicted molar refractivity (Wildman–Crippen MR) is 130 cm³/mol. The maximum absolute atomic E-state index is 5.98. The molecule has 3 aromatic rings. The van der Waals surface area contributed by atoms with E-state index in [2.05, 4.69) is 67.9 Å². The van der Waals surface area contributed by atoms with Crippen LogP contribution in [0.4, 0.5) is 0 Å². The summed E-state index contributed by atoms with van der Waals surface area (Å²) in [5.74, 6) is 0.998. The molecular weight excluding hydrogens is 396 g/mol. The van der Waals surface area contributed by atoms with E-state index < -0.39 is 0 Å². The molecule has 0 aliphatic carbocycles. The summed E-state index contributed by atoms with van der Waals surface area (Å²) in [5, 5.41) is 0. The van der Waals surface area contributed by atoms with Gasteiger partial charge in [-0.3, -0.25) is 4.90 Å². The second-order valence-electron chi connectivity index (χ2n) is 9.40. The lowest BCUT2D eigenvalue weighted by Crippen LogP contribution is -2.34. The second-order valence-corrected chi connectivity index (χ2v) is 9.40. The molecule has 1 aromatic heterocycles. The highest BCUT2D eigenvalue weighted by molar-refractivity contribution is 5.75. The van der Waals surface area contributed by atoms with E-state index in [1.54, 1.807) is 0 Å². The smallest absolute Gasteiger partial charge is 0.119 e. The molecule has 32 heavy (non-hydrogen) atoms. The van der Waals surface area contributed by atoms with Crippen molar-refractivity contribution in [1.29, 1.82) is 0 Å². The van der Waals surface area contributed by atoms with Gasteiger partial charge in [0, 0.05) is 32.2 Å². The molecule has 0 unspecified atom stereocenters. The van der Waals surface area contributed by atoms with Gasteiger partial charge in [-0.1, -0.05) is 30.7 Å². The van der Waals surface area contributed by atoms with Crippen molar-refractivity contribution < 1.29 is 4.74 Å². The molecule has 5 heteroatoms. The first-order valence-electron chi connectivity index (χ1n) is 12.4. The molecule has 2 aromatic carbocycles. The van der Waals surface area contributed by atoms with Crippen LogP contribution in [-0.4, -0.2) is 58.7 Å². The molecule has 2 aliphatic rings. The van der Waals surface area contributed by atoms with Gasteiger partial charge < -0.3 is 14.2 Å². The Hall–Kier alpha value is -2.37. The predicted octanol–water partition coefficient (Wildman–Crippen LogP) is 5.13. The van der Waals surface area contributed by atoms with E-state index in [0.29, 0.717) is 6.04 Å². The van der Waals surface area contributed by atoms with Crippen LogP contribution < -0.4 is 4.74 Å². The summed E-state index contributed by atoms with van der Waals surface area (Å²) in [6.07, 6.45) is 9.62. The monoisotopic (exact) mass is 432 g/mol. The first-order valence-corrected chi connectivity index (χ1v) is 12.4. The average molecular weight is 433 g/mol. The summed E-state index contributed by atoms with van der Waals surface area (Å²) in [6.45, 7) is 7.80. The molecule has 2 aliphatic heterocycles. The molecule has 0 amide bonds. The maximum Gasteiger partial charge on any atom is 0.119 e. The highest BCUT2D eigenvalue weighted by Gasteiger charge is 2.21. The van der Waals surface area contributed by atoms with Crippen molar-refractivity contribution in [3.8, 4) is 5.75 Å². The van der Waals surface area contributed by atoms with Crippen LogP contribution >= 0.6 is 0 Å². The fraction of sp³-hybridized carbons (Fsp3) is 0.519. The molecule has 0 bridgehead atoms. The number of nitrogens with zero attached hydrogens (tertiary/aromatic N) is 4. The highest BCUT2D eigenvalue weighted by Crippen LogP contribution is 2.27. The molecule has 0 atom stereocenters. The summed E-state index contributed by atoms with van der Waals surface area (Å²) >= 11 is 0. The third-order valence-electron chi connectivity index (χ3n) is 7.10. The molecule has 2 fully saturated rings. The summed E-state index contributed by atoms with van der Waals surface area (Å²) in [4.78, 5) is 9.73. The minimum absolute atomic E-state index is 0.555. The minimum Gasteiger partial charge on any atom is -0.494 e. The SMILES string of the molecule is c1ccc2c(c1)ncn2C1CCN(Cc2ccc(OCCCN3CCCCC3)cc2)CC1. The van der Waals surface area contributed by atoms with Gasteiger partial charge in [-0.2, -0.15) is 0 Å². The van der Waals surface area contributed by atoms with Crippen molar-refractivity contribution in [2.45, 2.75) is 51.1 Å². The van der Waals surface area contributed by atoms with Crippen molar-refractivity contribution in [3.63, 3.8) is 0 Å². The molecule has 0 spiro atoms. The van der Waals surface area contributed by atoms with Gasteiger partial charge in [0.25, 0.3) is 0 Å². The Morgan fingerprint density at radius 2 is 1.62 bits per heavy atom. The van der Waals surface area contributed by atoms with Crippen molar-refractivity contribution in [2.24, 2.45) is 0 Å². The third-order valence-corrected chi connectivity index (χ3v) is 7.10. The third kappa shape index (κ3) is 5.33. The van der Waals surface area contributed by atoms with Crippen LogP contribution in [0.25, 0.3) is 11.0 Å². The van der Waals surface area contributed by atoms with E-state index in [1.165, 1.54) is 62.8 Å². The molecule has 3 heterocycles. The molecule has 0 radical (unpaired) electrons. The molecule has 5 rings (SSSR count). The van der Waals surface area contributed by atoms with Gasteiger partial charge in [0.1, 0.15) is 5.75 Å². The van der Waals surface area contributed by atoms with Crippen LogP contribution in [0.2, 0.25) is 0 Å². The number of imidazole rings is 1. The van der Waals surface area contributed by atoms with Crippen LogP contribution in [0.15, 0.2) is 54.9 Å². The van der Waals surface area contributed by atoms with Gasteiger partial charge in [0.2, 0.25) is 0 Å². The average Bonchev–Trinajstić information content (AvgIpc) is 3.28. The maximum atomic E-state index is 5.98. The Labute approximate surface area is 192 Å². The van der Waals surface area contributed by atoms with Crippen LogP contribution in [0.3, 0.4) is 0 Å². The normalized spacial score (nSPS) is 18.9. The Kier molecular flexibility index (Phi) is 7.04. The van der Waals surface area contributed by atoms with Crippen LogP contribution in [0, 0.1) is 0 Å². The van der Waals surface area contributed by atoms with Gasteiger partial charge in [0.15, 0.2) is 0 Å². The van der Waals surface area contributed by atoms with Crippen LogP contribution in [0.5, 0.6) is 5.75 Å². The van der Waals surface area contributed by atoms with E-state index in [0.717, 1.165) is 43.9 Å². The van der Waals surface area contributed by atoms with Gasteiger partial charge in [-0.15, -0.1) is 0 Å². The number of likely N-dealkylation sites (tertiary alicyclic amines) is 2. The van der Waals surface area contributed by atoms with Gasteiger partial charge >= 0.3 is 0 Å². The fourth-order valence-electron chi connectivity index (χ4n) is 5.24. The lowest BCUT2D eigenvalue weighted by Gasteiger charge is -2.32. The standard InChI is InChI=1S/C27H36N4O/c1-4-15-29(16-5-1)17-6-20-32-25-11-9-23(10-12-25)21-30-18-13-24(14-19-30)31-22-28-26-7-2-3-8-27(26)31/h2-3,7-12,22,24H,1,4-6,13-21H2. The Bertz CT molecular complexity index is 969. The van der Waals surface area contributed by atoms with Crippen molar-refractivity contribution in [3.05, 3.63) is 60.4 Å². The first kappa shape index (κ1) is 21.5. The molecule has 5 nitrogen and oxygen atoms in total. The molecule has 170 valence electrons. The highest BCUT2D eigenvalue weighted by atomic mass is 16.5. The topological polar surface area (TPSA) is 33.5 Å². The van der Waals surface area contributed by atoms with Gasteiger partial charge in [-0.05, 0) is 75.0 Å². The first-order chi connectivity index (χ1) is 15.8. The summed E-state index contributed by atoms with van der Waals surface area (Å²) in [6, 6.07) is 17.8. The van der Waals surface area contributed by atoms with Crippen molar-refractivity contribution >= 4 is 11.0 Å². The van der Waals surface area contributed by atoms with Crippen molar-refractivity contribution in [2.75, 3.05) is 39.3 Å². The van der Waals surface area contributed by atoms with Crippen LogP contribution in [0.1, 0.15) is 50.1 Å². The summed E-state index contributed by atoms with van der Waals surface area (Å²) < 4.78 is 8.36. The van der Waals surface area contributed by atoms with E-state index in [-0.39, 0.29) is 0 Å². The van der Waals surface area contributed by atoms with E-state index in [9.17, 15) is 0 Å². The number of para-hydroxylation sites is 2. The number of aromatic nitrogens is 2. The van der Waals surface area contributed by atoms with E-state index in [4.69, 9.17) is 4.74 Å². The molecule has 0 saturated carbocycles. The summed E-state index contributed by atoms with van der Waals surface area (Å²) in [7, 11) is 0. The van der Waals surface area contributed by atoms with Crippen molar-refractivity contribution in [1.82, 2.24) is 19.4 Å². The zero-order valence-electron chi connectivity index (χ0n) is 19.2. The fourth-order valence-corrected chi connectivity index (χ4v) is 5.24. The Morgan fingerprint density at radius 1 is 0.844 bits per heavy atom. The zero-order valence-corrected chi connectivity index (χ0v) is 19.2. The minimum atomic E-state index is 0.555. The molecular formula is C27H36N4O. The number of piperidine rings is 2. The van der Waals surface area contributed by atoms with E-state index in [1.807, 2.05) is 6.33 Å². The van der Waals surface area contributed by atoms with Gasteiger partial charge in [-0.25, -0.2) is 4.98 Å². The number of rotatable bonds is 8. The lowest BCUT2D eigenvalue weighted by molar-refractivity contribution is 0.181. The Morgan fingerprint density at radius 3 is 2.44 bits per heavy atom. The molecule has 2 saturated heterocycles. The quantitative estimate of drug-likeness (QED) is 0.462. The largest absolute Gasteiger partial charge is 0.494 e. The molecule has 0 N–H and O–H groups in total. The zero-order chi connectivity index (χ0) is 21.6. The summed E-state index contributed by atoms with van der Waals surface area (Å²) in [5.41, 5.74) is 3.73.